The number of benzene rings is 1. The number of fused-ring (bicyclic) bond motifs is 4. The SMILES string of the molecule is COc1ccc(C)c2c1C1=C(C2)C2=CCCC(OC(C)=O)C2(C)CC1. The van der Waals surface area contributed by atoms with Crippen molar-refractivity contribution in [1.29, 1.82) is 0 Å². The maximum absolute atomic E-state index is 11.6. The first-order valence-corrected chi connectivity index (χ1v) is 9.23. The van der Waals surface area contributed by atoms with Gasteiger partial charge in [-0.1, -0.05) is 19.1 Å². The van der Waals surface area contributed by atoms with Crippen molar-refractivity contribution in [1.82, 2.24) is 0 Å². The van der Waals surface area contributed by atoms with Gasteiger partial charge in [0.2, 0.25) is 0 Å². The lowest BCUT2D eigenvalue weighted by Gasteiger charge is -2.45. The Morgan fingerprint density at radius 2 is 2.08 bits per heavy atom. The van der Waals surface area contributed by atoms with Crippen LogP contribution in [0.15, 0.2) is 29.4 Å². The predicted molar refractivity (Wildman–Crippen MR) is 98.6 cm³/mol. The van der Waals surface area contributed by atoms with Crippen molar-refractivity contribution in [2.75, 3.05) is 7.11 Å². The summed E-state index contributed by atoms with van der Waals surface area (Å²) in [6.07, 6.45) is 7.30. The highest BCUT2D eigenvalue weighted by Crippen LogP contribution is 2.57. The quantitative estimate of drug-likeness (QED) is 0.729. The van der Waals surface area contributed by atoms with Crippen LogP contribution in [0.3, 0.4) is 0 Å². The summed E-state index contributed by atoms with van der Waals surface area (Å²) in [6.45, 7) is 5.99. The summed E-state index contributed by atoms with van der Waals surface area (Å²) in [4.78, 5) is 11.6. The van der Waals surface area contributed by atoms with Gasteiger partial charge in [0, 0.05) is 17.9 Å². The number of hydrogen-bond donors (Lipinski definition) is 0. The van der Waals surface area contributed by atoms with Gasteiger partial charge >= 0.3 is 5.97 Å². The Morgan fingerprint density at radius 3 is 2.80 bits per heavy atom. The van der Waals surface area contributed by atoms with Crippen LogP contribution < -0.4 is 4.74 Å². The van der Waals surface area contributed by atoms with Crippen LogP contribution in [-0.4, -0.2) is 19.2 Å². The van der Waals surface area contributed by atoms with Gasteiger partial charge in [-0.15, -0.1) is 0 Å². The lowest BCUT2D eigenvalue weighted by atomic mass is 9.62. The average Bonchev–Trinajstić information content (AvgIpc) is 2.96. The summed E-state index contributed by atoms with van der Waals surface area (Å²) in [5.41, 5.74) is 8.30. The van der Waals surface area contributed by atoms with Gasteiger partial charge in [-0.2, -0.15) is 0 Å². The molecule has 3 nitrogen and oxygen atoms in total. The van der Waals surface area contributed by atoms with Crippen molar-refractivity contribution in [3.63, 3.8) is 0 Å². The van der Waals surface area contributed by atoms with Crippen LogP contribution in [-0.2, 0) is 16.0 Å². The average molecular weight is 338 g/mol. The minimum absolute atomic E-state index is 0.00856. The number of aryl methyl sites for hydroxylation is 1. The van der Waals surface area contributed by atoms with Crippen LogP contribution in [0.1, 0.15) is 56.2 Å². The molecule has 0 aromatic heterocycles. The fourth-order valence-electron chi connectivity index (χ4n) is 5.07. The topological polar surface area (TPSA) is 35.5 Å². The highest BCUT2D eigenvalue weighted by molar-refractivity contribution is 5.85. The molecule has 0 heterocycles. The molecule has 0 radical (unpaired) electrons. The number of rotatable bonds is 2. The van der Waals surface area contributed by atoms with Crippen LogP contribution in [0.2, 0.25) is 0 Å². The van der Waals surface area contributed by atoms with Gasteiger partial charge in [0.05, 0.1) is 7.11 Å². The van der Waals surface area contributed by atoms with E-state index in [1.165, 1.54) is 40.3 Å². The fraction of sp³-hybridized carbons (Fsp3) is 0.500. The van der Waals surface area contributed by atoms with Gasteiger partial charge in [0.15, 0.2) is 0 Å². The van der Waals surface area contributed by atoms with Crippen LogP contribution in [0, 0.1) is 12.3 Å². The van der Waals surface area contributed by atoms with E-state index in [9.17, 15) is 4.79 Å². The summed E-state index contributed by atoms with van der Waals surface area (Å²) in [7, 11) is 1.76. The number of esters is 1. The standard InChI is InChI=1S/C22H26O3/c1-13-8-9-19(24-4)21-15-10-11-22(3)18(17(15)12-16(13)21)6-5-7-20(22)25-14(2)23/h6,8-9,20H,5,7,10-12H2,1-4H3. The molecular formula is C22H26O3. The van der Waals surface area contributed by atoms with E-state index < -0.39 is 0 Å². The summed E-state index contributed by atoms with van der Waals surface area (Å²) in [5.74, 6) is 0.821. The minimum atomic E-state index is -0.167. The van der Waals surface area contributed by atoms with Gasteiger partial charge in [0.1, 0.15) is 11.9 Å². The molecule has 4 rings (SSSR count). The zero-order chi connectivity index (χ0) is 17.8. The first-order chi connectivity index (χ1) is 12.0. The molecule has 0 spiro atoms. The van der Waals surface area contributed by atoms with Crippen molar-refractivity contribution in [3.05, 3.63) is 46.0 Å². The molecule has 0 fully saturated rings. The monoisotopic (exact) mass is 338 g/mol. The minimum Gasteiger partial charge on any atom is -0.496 e. The number of ether oxygens (including phenoxy) is 2. The summed E-state index contributed by atoms with van der Waals surface area (Å²) in [5, 5.41) is 0. The molecule has 0 saturated carbocycles. The van der Waals surface area contributed by atoms with E-state index in [2.05, 4.69) is 32.1 Å². The van der Waals surface area contributed by atoms with Crippen molar-refractivity contribution in [3.8, 4) is 5.75 Å². The van der Waals surface area contributed by atoms with E-state index in [0.717, 1.165) is 37.9 Å². The molecule has 3 aliphatic carbocycles. The molecule has 2 atom stereocenters. The maximum Gasteiger partial charge on any atom is 0.302 e. The molecule has 3 aliphatic rings. The van der Waals surface area contributed by atoms with Gasteiger partial charge in [-0.25, -0.2) is 0 Å². The highest BCUT2D eigenvalue weighted by atomic mass is 16.5. The molecule has 0 amide bonds. The Labute approximate surface area is 149 Å². The second kappa shape index (κ2) is 5.76. The number of carbonyl (C=O) groups is 1. The van der Waals surface area contributed by atoms with E-state index in [1.807, 2.05) is 0 Å². The van der Waals surface area contributed by atoms with Crippen molar-refractivity contribution < 1.29 is 14.3 Å². The Morgan fingerprint density at radius 1 is 1.28 bits per heavy atom. The van der Waals surface area contributed by atoms with E-state index in [0.29, 0.717) is 0 Å². The van der Waals surface area contributed by atoms with Gasteiger partial charge in [-0.3, -0.25) is 4.79 Å². The maximum atomic E-state index is 11.6. The Bertz CT molecular complexity index is 815. The Kier molecular flexibility index (Phi) is 3.78. The number of carbonyl (C=O) groups excluding carboxylic acids is 1. The Balaban J connectivity index is 1.80. The zero-order valence-electron chi connectivity index (χ0n) is 15.6. The molecule has 132 valence electrons. The molecule has 0 aliphatic heterocycles. The van der Waals surface area contributed by atoms with Crippen molar-refractivity contribution in [2.45, 2.75) is 59.0 Å². The molecule has 0 saturated heterocycles. The first kappa shape index (κ1) is 16.4. The second-order valence-corrected chi connectivity index (χ2v) is 7.78. The molecule has 2 unspecified atom stereocenters. The molecule has 0 bridgehead atoms. The summed E-state index contributed by atoms with van der Waals surface area (Å²) < 4.78 is 11.4. The van der Waals surface area contributed by atoms with Crippen LogP contribution in [0.4, 0.5) is 0 Å². The number of hydrogen-bond acceptors (Lipinski definition) is 3. The molecule has 1 aromatic rings. The van der Waals surface area contributed by atoms with Gasteiger partial charge in [-0.05, 0) is 72.9 Å². The molecule has 25 heavy (non-hydrogen) atoms. The van der Waals surface area contributed by atoms with Gasteiger partial charge in [0.25, 0.3) is 0 Å². The number of allylic oxidation sites excluding steroid dienone is 3. The van der Waals surface area contributed by atoms with E-state index >= 15 is 0 Å². The van der Waals surface area contributed by atoms with E-state index in [-0.39, 0.29) is 17.5 Å². The largest absolute Gasteiger partial charge is 0.496 e. The molecule has 3 heteroatoms. The molecule has 1 aromatic carbocycles. The third-order valence-electron chi connectivity index (χ3n) is 6.38. The fourth-order valence-corrected chi connectivity index (χ4v) is 5.07. The molecule has 0 N–H and O–H groups in total. The summed E-state index contributed by atoms with van der Waals surface area (Å²) >= 11 is 0. The Hall–Kier alpha value is -2.03. The van der Waals surface area contributed by atoms with Crippen molar-refractivity contribution in [2.24, 2.45) is 5.41 Å². The zero-order valence-corrected chi connectivity index (χ0v) is 15.6. The normalized spacial score (nSPS) is 27.2. The lowest BCUT2D eigenvalue weighted by molar-refractivity contribution is -0.152. The third kappa shape index (κ3) is 2.36. The van der Waals surface area contributed by atoms with Gasteiger partial charge < -0.3 is 9.47 Å². The van der Waals surface area contributed by atoms with Crippen molar-refractivity contribution >= 4 is 11.5 Å². The van der Waals surface area contributed by atoms with Crippen LogP contribution in [0.5, 0.6) is 5.75 Å². The first-order valence-electron chi connectivity index (χ1n) is 9.23. The second-order valence-electron chi connectivity index (χ2n) is 7.78. The summed E-state index contributed by atoms with van der Waals surface area (Å²) in [6, 6.07) is 4.25. The van der Waals surface area contributed by atoms with E-state index in [4.69, 9.17) is 9.47 Å². The highest BCUT2D eigenvalue weighted by Gasteiger charge is 2.47. The molecular weight excluding hydrogens is 312 g/mol. The third-order valence-corrected chi connectivity index (χ3v) is 6.38. The number of methoxy groups -OCH3 is 1. The van der Waals surface area contributed by atoms with Crippen LogP contribution >= 0.6 is 0 Å². The predicted octanol–water partition coefficient (Wildman–Crippen LogP) is 4.77. The smallest absolute Gasteiger partial charge is 0.302 e. The lowest BCUT2D eigenvalue weighted by Crippen LogP contribution is -2.41. The van der Waals surface area contributed by atoms with Crippen LogP contribution in [0.25, 0.3) is 5.57 Å². The van der Waals surface area contributed by atoms with E-state index in [1.54, 1.807) is 7.11 Å².